The van der Waals surface area contributed by atoms with Crippen molar-refractivity contribution in [3.8, 4) is 6.07 Å². The molecule has 0 atom stereocenters. The Hall–Kier alpha value is -2.42. The highest BCUT2D eigenvalue weighted by Gasteiger charge is 2.44. The van der Waals surface area contributed by atoms with Crippen LogP contribution in [-0.4, -0.2) is 17.4 Å². The molecule has 1 aliphatic carbocycles. The second-order valence-corrected chi connectivity index (χ2v) is 5.99. The van der Waals surface area contributed by atoms with E-state index in [0.29, 0.717) is 19.3 Å². The summed E-state index contributed by atoms with van der Waals surface area (Å²) in [5.74, 6) is -1.26. The van der Waals surface area contributed by atoms with Gasteiger partial charge in [0.15, 0.2) is 0 Å². The highest BCUT2D eigenvalue weighted by atomic mass is 19.1. The number of carbonyl (C=O) groups is 2. The first-order chi connectivity index (χ1) is 10.3. The van der Waals surface area contributed by atoms with Gasteiger partial charge in [0.1, 0.15) is 11.4 Å². The van der Waals surface area contributed by atoms with E-state index in [1.165, 1.54) is 12.1 Å². The number of amides is 2. The minimum atomic E-state index is -0.794. The van der Waals surface area contributed by atoms with Crippen LogP contribution in [0, 0.1) is 23.1 Å². The number of anilines is 1. The van der Waals surface area contributed by atoms with Gasteiger partial charge in [-0.1, -0.05) is 13.8 Å². The monoisotopic (exact) mass is 303 g/mol. The van der Waals surface area contributed by atoms with Crippen LogP contribution in [0.25, 0.3) is 0 Å². The van der Waals surface area contributed by atoms with Gasteiger partial charge in [0.2, 0.25) is 5.91 Å². The van der Waals surface area contributed by atoms with Crippen LogP contribution in [0.15, 0.2) is 18.2 Å². The number of nitriles is 1. The van der Waals surface area contributed by atoms with Crippen molar-refractivity contribution in [1.82, 2.24) is 5.32 Å². The number of hydrogen-bond acceptors (Lipinski definition) is 3. The zero-order valence-corrected chi connectivity index (χ0v) is 12.6. The average Bonchev–Trinajstić information content (AvgIpc) is 3.20. The standard InChI is InChI=1S/C16H18FN3O2/c1-10(2)7-14(21)19-13-4-3-11(8-12(13)17)15(22)20-16(9-18)5-6-16/h3-4,8,10H,5-7H2,1-2H3,(H,19,21)(H,20,22). The van der Waals surface area contributed by atoms with E-state index in [-0.39, 0.29) is 23.1 Å². The van der Waals surface area contributed by atoms with Gasteiger partial charge < -0.3 is 10.6 Å². The molecule has 0 aromatic heterocycles. The van der Waals surface area contributed by atoms with Gasteiger partial charge in [0.25, 0.3) is 5.91 Å². The van der Waals surface area contributed by atoms with Crippen molar-refractivity contribution in [3.05, 3.63) is 29.6 Å². The third kappa shape index (κ3) is 3.82. The summed E-state index contributed by atoms with van der Waals surface area (Å²) in [7, 11) is 0. The van der Waals surface area contributed by atoms with Crippen LogP contribution in [0.4, 0.5) is 10.1 Å². The minimum absolute atomic E-state index is 0.0450. The van der Waals surface area contributed by atoms with E-state index in [1.807, 2.05) is 19.9 Å². The molecule has 2 rings (SSSR count). The third-order valence-electron chi connectivity index (χ3n) is 3.42. The Balaban J connectivity index is 2.05. The minimum Gasteiger partial charge on any atom is -0.334 e. The van der Waals surface area contributed by atoms with Gasteiger partial charge >= 0.3 is 0 Å². The summed E-state index contributed by atoms with van der Waals surface area (Å²) in [6, 6.07) is 5.89. The number of carbonyl (C=O) groups excluding carboxylic acids is 2. The molecule has 1 saturated carbocycles. The van der Waals surface area contributed by atoms with Crippen molar-refractivity contribution in [1.29, 1.82) is 5.26 Å². The molecule has 2 N–H and O–H groups in total. The summed E-state index contributed by atoms with van der Waals surface area (Å²) in [6.07, 6.45) is 1.52. The molecule has 0 radical (unpaired) electrons. The zero-order valence-electron chi connectivity index (χ0n) is 12.6. The average molecular weight is 303 g/mol. The summed E-state index contributed by atoms with van der Waals surface area (Å²) in [6.45, 7) is 3.79. The Morgan fingerprint density at radius 3 is 2.59 bits per heavy atom. The van der Waals surface area contributed by atoms with E-state index in [9.17, 15) is 14.0 Å². The maximum Gasteiger partial charge on any atom is 0.252 e. The number of benzene rings is 1. The maximum atomic E-state index is 14.0. The summed E-state index contributed by atoms with van der Waals surface area (Å²) in [5.41, 5.74) is -0.623. The fourth-order valence-corrected chi connectivity index (χ4v) is 2.01. The lowest BCUT2D eigenvalue weighted by Crippen LogP contribution is -2.35. The molecule has 0 saturated heterocycles. The largest absolute Gasteiger partial charge is 0.334 e. The van der Waals surface area contributed by atoms with E-state index in [0.717, 1.165) is 6.07 Å². The van der Waals surface area contributed by atoms with E-state index < -0.39 is 17.3 Å². The summed E-state index contributed by atoms with van der Waals surface area (Å²) >= 11 is 0. The first-order valence-corrected chi connectivity index (χ1v) is 7.18. The van der Waals surface area contributed by atoms with Crippen LogP contribution in [0.1, 0.15) is 43.5 Å². The van der Waals surface area contributed by atoms with Crippen molar-refractivity contribution in [2.24, 2.45) is 5.92 Å². The number of halogens is 1. The number of nitrogens with one attached hydrogen (secondary N) is 2. The van der Waals surface area contributed by atoms with E-state index in [4.69, 9.17) is 5.26 Å². The molecule has 1 fully saturated rings. The number of rotatable bonds is 5. The van der Waals surface area contributed by atoms with E-state index in [1.54, 1.807) is 0 Å². The van der Waals surface area contributed by atoms with Crippen molar-refractivity contribution >= 4 is 17.5 Å². The molecular weight excluding hydrogens is 285 g/mol. The first-order valence-electron chi connectivity index (χ1n) is 7.18. The molecule has 0 spiro atoms. The van der Waals surface area contributed by atoms with Gasteiger partial charge in [-0.25, -0.2) is 4.39 Å². The van der Waals surface area contributed by atoms with Crippen LogP contribution in [0.3, 0.4) is 0 Å². The van der Waals surface area contributed by atoms with Crippen LogP contribution < -0.4 is 10.6 Å². The molecule has 1 aliphatic rings. The SMILES string of the molecule is CC(C)CC(=O)Nc1ccc(C(=O)NC2(C#N)CC2)cc1F. The molecule has 1 aromatic carbocycles. The van der Waals surface area contributed by atoms with Gasteiger partial charge in [-0.05, 0) is 37.0 Å². The lowest BCUT2D eigenvalue weighted by Gasteiger charge is -2.11. The summed E-state index contributed by atoms with van der Waals surface area (Å²) in [5, 5.41) is 14.0. The molecule has 2 amide bonds. The number of nitrogens with zero attached hydrogens (tertiary/aromatic N) is 1. The number of hydrogen-bond donors (Lipinski definition) is 2. The second-order valence-electron chi connectivity index (χ2n) is 5.99. The van der Waals surface area contributed by atoms with Crippen LogP contribution in [0.2, 0.25) is 0 Å². The lowest BCUT2D eigenvalue weighted by atomic mass is 10.1. The van der Waals surface area contributed by atoms with Crippen molar-refractivity contribution in [3.63, 3.8) is 0 Å². The fourth-order valence-electron chi connectivity index (χ4n) is 2.01. The Morgan fingerprint density at radius 1 is 1.41 bits per heavy atom. The molecule has 0 bridgehead atoms. The van der Waals surface area contributed by atoms with Crippen molar-refractivity contribution in [2.45, 2.75) is 38.6 Å². The normalized spacial score (nSPS) is 15.0. The van der Waals surface area contributed by atoms with Gasteiger partial charge in [-0.2, -0.15) is 5.26 Å². The van der Waals surface area contributed by atoms with Gasteiger partial charge in [-0.15, -0.1) is 0 Å². The molecule has 0 aliphatic heterocycles. The maximum absolute atomic E-state index is 14.0. The van der Waals surface area contributed by atoms with Gasteiger partial charge in [0.05, 0.1) is 11.8 Å². The van der Waals surface area contributed by atoms with Crippen LogP contribution >= 0.6 is 0 Å². The van der Waals surface area contributed by atoms with Gasteiger partial charge in [0, 0.05) is 12.0 Å². The quantitative estimate of drug-likeness (QED) is 0.877. The Bertz CT molecular complexity index is 645. The Labute approximate surface area is 128 Å². The molecule has 1 aromatic rings. The predicted octanol–water partition coefficient (Wildman–Crippen LogP) is 2.60. The zero-order chi connectivity index (χ0) is 16.3. The second kappa shape index (κ2) is 6.14. The summed E-state index contributed by atoms with van der Waals surface area (Å²) in [4.78, 5) is 23.6. The smallest absolute Gasteiger partial charge is 0.252 e. The third-order valence-corrected chi connectivity index (χ3v) is 3.42. The first kappa shape index (κ1) is 16.0. The topological polar surface area (TPSA) is 82.0 Å². The Kier molecular flexibility index (Phi) is 4.45. The Morgan fingerprint density at radius 2 is 2.09 bits per heavy atom. The van der Waals surface area contributed by atoms with E-state index in [2.05, 4.69) is 10.6 Å². The van der Waals surface area contributed by atoms with Crippen LogP contribution in [0.5, 0.6) is 0 Å². The predicted molar refractivity (Wildman–Crippen MR) is 79.5 cm³/mol. The molecular formula is C16H18FN3O2. The van der Waals surface area contributed by atoms with Crippen molar-refractivity contribution in [2.75, 3.05) is 5.32 Å². The molecule has 0 heterocycles. The highest BCUT2D eigenvalue weighted by Crippen LogP contribution is 2.34. The lowest BCUT2D eigenvalue weighted by molar-refractivity contribution is -0.116. The molecule has 116 valence electrons. The van der Waals surface area contributed by atoms with Gasteiger partial charge in [-0.3, -0.25) is 9.59 Å². The summed E-state index contributed by atoms with van der Waals surface area (Å²) < 4.78 is 14.0. The van der Waals surface area contributed by atoms with Crippen LogP contribution in [-0.2, 0) is 4.79 Å². The molecule has 5 nitrogen and oxygen atoms in total. The van der Waals surface area contributed by atoms with Crippen molar-refractivity contribution < 1.29 is 14.0 Å². The molecule has 0 unspecified atom stereocenters. The molecule has 22 heavy (non-hydrogen) atoms. The fraction of sp³-hybridized carbons (Fsp3) is 0.438. The molecule has 6 heteroatoms. The van der Waals surface area contributed by atoms with E-state index >= 15 is 0 Å². The highest BCUT2D eigenvalue weighted by molar-refractivity contribution is 5.96.